The van der Waals surface area contributed by atoms with E-state index >= 15 is 0 Å². The van der Waals surface area contributed by atoms with Crippen molar-refractivity contribution in [3.8, 4) is 66.8 Å². The van der Waals surface area contributed by atoms with Gasteiger partial charge in [-0.1, -0.05) is 273 Å². The molecule has 0 saturated heterocycles. The molecule has 384 valence electrons. The summed E-state index contributed by atoms with van der Waals surface area (Å²) in [5.74, 6) is 0. The van der Waals surface area contributed by atoms with Gasteiger partial charge in [0.1, 0.15) is 0 Å². The number of fused-ring (bicyclic) bond motifs is 6. The van der Waals surface area contributed by atoms with Crippen molar-refractivity contribution in [3.63, 3.8) is 0 Å². The summed E-state index contributed by atoms with van der Waals surface area (Å²) in [6.07, 6.45) is 0. The fourth-order valence-electron chi connectivity index (χ4n) is 15.3. The molecule has 0 fully saturated rings. The van der Waals surface area contributed by atoms with E-state index < -0.39 is 0 Å². The second kappa shape index (κ2) is 17.3. The van der Waals surface area contributed by atoms with Gasteiger partial charge in [0.15, 0.2) is 0 Å². The first-order chi connectivity index (χ1) is 41.6. The molecule has 0 saturated carbocycles. The summed E-state index contributed by atoms with van der Waals surface area (Å²) >= 11 is 0. The van der Waals surface area contributed by atoms with Crippen molar-refractivity contribution in [2.45, 2.75) is 0 Å². The minimum Gasteiger partial charge on any atom is -0.0610 e. The predicted molar refractivity (Wildman–Crippen MR) is 363 cm³/mol. The molecule has 0 aliphatic carbocycles. The van der Waals surface area contributed by atoms with Gasteiger partial charge in [-0.05, 0) is 214 Å². The molecule has 0 aromatic heterocycles. The normalized spacial score (nSPS) is 12.3. The minimum atomic E-state index is 1.18. The molecule has 0 nitrogen and oxygen atoms in total. The Morgan fingerprint density at radius 1 is 0.119 bits per heavy atom. The highest BCUT2D eigenvalue weighted by Gasteiger charge is 2.21. The summed E-state index contributed by atoms with van der Waals surface area (Å²) in [7, 11) is 0. The summed E-state index contributed by atoms with van der Waals surface area (Å²) in [4.78, 5) is 0. The second-order valence-corrected chi connectivity index (χ2v) is 23.3. The molecule has 0 amide bonds. The average Bonchev–Trinajstić information content (AvgIpc) is 0.992. The van der Waals surface area contributed by atoms with E-state index in [9.17, 15) is 0 Å². The van der Waals surface area contributed by atoms with Crippen molar-refractivity contribution in [1.29, 1.82) is 0 Å². The average molecular weight is 1060 g/mol. The maximum absolute atomic E-state index is 2.39. The lowest BCUT2D eigenvalue weighted by Gasteiger charge is -2.18. The Bertz CT molecular complexity index is 5310. The summed E-state index contributed by atoms with van der Waals surface area (Å²) in [5, 5.41) is 31.4. The zero-order valence-electron chi connectivity index (χ0n) is 45.7. The van der Waals surface area contributed by atoms with Crippen LogP contribution in [0.25, 0.3) is 196 Å². The number of hydrogen-bond donors (Lipinski definition) is 0. The van der Waals surface area contributed by atoms with E-state index in [-0.39, 0.29) is 0 Å². The molecule has 0 N–H and O–H groups in total. The molecule has 84 heavy (non-hydrogen) atoms. The third kappa shape index (κ3) is 6.48. The number of hydrogen-bond acceptors (Lipinski definition) is 0. The fraction of sp³-hybridized carbons (Fsp3) is 0. The summed E-state index contributed by atoms with van der Waals surface area (Å²) in [6.45, 7) is 0. The van der Waals surface area contributed by atoms with Gasteiger partial charge in [0.25, 0.3) is 0 Å². The van der Waals surface area contributed by atoms with E-state index in [0.29, 0.717) is 0 Å². The van der Waals surface area contributed by atoms with Gasteiger partial charge in [0.05, 0.1) is 0 Å². The maximum atomic E-state index is 2.39. The fourth-order valence-corrected chi connectivity index (χ4v) is 15.3. The Labute approximate surface area is 484 Å². The van der Waals surface area contributed by atoms with Gasteiger partial charge in [-0.2, -0.15) is 0 Å². The molecule has 0 heterocycles. The lowest BCUT2D eigenvalue weighted by molar-refractivity contribution is 1.56. The molecule has 0 atom stereocenters. The van der Waals surface area contributed by atoms with E-state index in [2.05, 4.69) is 291 Å². The van der Waals surface area contributed by atoms with E-state index in [0.717, 1.165) is 0 Å². The third-order valence-electron chi connectivity index (χ3n) is 19.1. The van der Waals surface area contributed by atoms with Crippen LogP contribution in [0.15, 0.2) is 291 Å². The predicted octanol–water partition coefficient (Wildman–Crippen LogP) is 23.8. The van der Waals surface area contributed by atoms with Crippen LogP contribution in [0.2, 0.25) is 0 Å². The summed E-state index contributed by atoms with van der Waals surface area (Å²) in [6, 6.07) is 110. The van der Waals surface area contributed by atoms with Crippen molar-refractivity contribution < 1.29 is 0 Å². The highest BCUT2D eigenvalue weighted by Crippen LogP contribution is 2.49. The highest BCUT2D eigenvalue weighted by atomic mass is 14.2. The number of benzene rings is 19. The molecule has 0 spiro atoms. The van der Waals surface area contributed by atoms with E-state index in [1.54, 1.807) is 0 Å². The van der Waals surface area contributed by atoms with Gasteiger partial charge >= 0.3 is 0 Å². The van der Waals surface area contributed by atoms with Gasteiger partial charge in [0, 0.05) is 0 Å². The quantitative estimate of drug-likeness (QED) is 0.115. The van der Waals surface area contributed by atoms with Crippen LogP contribution in [0.5, 0.6) is 0 Å². The zero-order valence-corrected chi connectivity index (χ0v) is 45.7. The molecule has 0 unspecified atom stereocenters. The van der Waals surface area contributed by atoms with E-state index in [4.69, 9.17) is 0 Å². The van der Waals surface area contributed by atoms with Crippen LogP contribution >= 0.6 is 0 Å². The van der Waals surface area contributed by atoms with E-state index in [1.165, 1.54) is 196 Å². The second-order valence-electron chi connectivity index (χ2n) is 23.3. The van der Waals surface area contributed by atoms with Crippen molar-refractivity contribution >= 4 is 129 Å². The highest BCUT2D eigenvalue weighted by molar-refractivity contribution is 6.38. The molecule has 0 bridgehead atoms. The van der Waals surface area contributed by atoms with Crippen LogP contribution in [0.4, 0.5) is 0 Å². The molecule has 19 rings (SSSR count). The standard InChI is InChI=1S/C84H48/c1-10-55-13-7-25-73-76(55)67(19-1)70-22-4-16-58-40-43-64(82(73)79(58)70)52-34-28-49(29-35-52)61-46-62(50-30-36-53(37-31-50)65-44-41-59-17-5-23-71-68-20-2-11-56-14-8-26-74(77(56)68)83(65)80(59)71)48-63(47-61)51-32-38-54(39-33-51)66-45-42-60-18-6-24-72-69-21-3-12-57-15-9-27-75(78(57)69)84(66)81(60)72/h1-48H. The summed E-state index contributed by atoms with van der Waals surface area (Å²) < 4.78 is 0. The Morgan fingerprint density at radius 2 is 0.321 bits per heavy atom. The Morgan fingerprint density at radius 3 is 0.571 bits per heavy atom. The van der Waals surface area contributed by atoms with Crippen molar-refractivity contribution in [3.05, 3.63) is 291 Å². The largest absolute Gasteiger partial charge is 0.0610 e. The van der Waals surface area contributed by atoms with Gasteiger partial charge in [-0.3, -0.25) is 0 Å². The maximum Gasteiger partial charge on any atom is -0.00141 e. The van der Waals surface area contributed by atoms with Gasteiger partial charge in [0.2, 0.25) is 0 Å². The molecular formula is C84H48. The van der Waals surface area contributed by atoms with Crippen LogP contribution in [0.3, 0.4) is 0 Å². The Kier molecular flexibility index (Phi) is 9.43. The SMILES string of the molecule is c1cc2cccc3c4c(-c5ccc(-c6cc(-c7ccc(-c8ccc9cccc%10c%11cccc%12cccc(c8c9%10)c%12%11)cc7)cc(-c7ccc(-c8ccc9cccc%10c%11cccc%12cccc(c8c9%10)c%12%11)cc7)c6)cc5)ccc5cccc(c(c1)c23)c54. The van der Waals surface area contributed by atoms with Crippen LogP contribution in [-0.4, -0.2) is 0 Å². The molecule has 0 radical (unpaired) electrons. The molecule has 19 aromatic carbocycles. The smallest absolute Gasteiger partial charge is 0.00141 e. The number of rotatable bonds is 6. The lowest BCUT2D eigenvalue weighted by atomic mass is 9.85. The van der Waals surface area contributed by atoms with Crippen LogP contribution < -0.4 is 0 Å². The van der Waals surface area contributed by atoms with Crippen LogP contribution in [0, 0.1) is 0 Å². The molecular weight excluding hydrogens is 1010 g/mol. The Hall–Kier alpha value is -10.9. The first kappa shape index (κ1) is 45.8. The minimum absolute atomic E-state index is 1.18. The lowest BCUT2D eigenvalue weighted by Crippen LogP contribution is -1.91. The topological polar surface area (TPSA) is 0 Å². The van der Waals surface area contributed by atoms with Crippen LogP contribution in [0.1, 0.15) is 0 Å². The van der Waals surface area contributed by atoms with Gasteiger partial charge in [-0.25, -0.2) is 0 Å². The van der Waals surface area contributed by atoms with Crippen molar-refractivity contribution in [2.24, 2.45) is 0 Å². The third-order valence-corrected chi connectivity index (χ3v) is 19.1. The molecule has 0 aliphatic heterocycles. The van der Waals surface area contributed by atoms with Crippen molar-refractivity contribution in [2.75, 3.05) is 0 Å². The Balaban J connectivity index is 0.764. The van der Waals surface area contributed by atoms with Crippen molar-refractivity contribution in [1.82, 2.24) is 0 Å². The first-order valence-corrected chi connectivity index (χ1v) is 29.4. The first-order valence-electron chi connectivity index (χ1n) is 29.4. The van der Waals surface area contributed by atoms with Gasteiger partial charge in [-0.15, -0.1) is 0 Å². The molecule has 19 aromatic rings. The summed E-state index contributed by atoms with van der Waals surface area (Å²) in [5.41, 5.74) is 14.5. The molecule has 0 aliphatic rings. The monoisotopic (exact) mass is 1060 g/mol. The van der Waals surface area contributed by atoms with Gasteiger partial charge < -0.3 is 0 Å². The van der Waals surface area contributed by atoms with Crippen LogP contribution in [-0.2, 0) is 0 Å². The molecule has 0 heteroatoms. The van der Waals surface area contributed by atoms with E-state index in [1.807, 2.05) is 0 Å². The zero-order chi connectivity index (χ0) is 54.7.